The predicted molar refractivity (Wildman–Crippen MR) is 132 cm³/mol. The number of aromatic nitrogens is 2. The van der Waals surface area contributed by atoms with Crippen LogP contribution in [-0.4, -0.2) is 34.2 Å². The van der Waals surface area contributed by atoms with Crippen LogP contribution in [0.1, 0.15) is 87.1 Å². The Hall–Kier alpha value is -3.01. The van der Waals surface area contributed by atoms with Gasteiger partial charge < -0.3 is 4.18 Å². The van der Waals surface area contributed by atoms with Crippen molar-refractivity contribution >= 4 is 27.2 Å². The molecular formula is C24H33N3O6S. The normalized spacial score (nSPS) is 12.4. The molecule has 1 unspecified atom stereocenters. The molecule has 10 heteroatoms. The molecule has 186 valence electrons. The molecule has 0 radical (unpaired) electrons. The molecule has 0 aliphatic rings. The third-order valence-electron chi connectivity index (χ3n) is 6.02. The zero-order valence-electron chi connectivity index (χ0n) is 21.1. The molecule has 2 rings (SSSR count). The van der Waals surface area contributed by atoms with E-state index in [0.29, 0.717) is 41.8 Å². The lowest BCUT2D eigenvalue weighted by atomic mass is 9.90. The quantitative estimate of drug-likeness (QED) is 0.189. The van der Waals surface area contributed by atoms with Gasteiger partial charge in [0.2, 0.25) is 11.7 Å². The van der Waals surface area contributed by atoms with Crippen LogP contribution in [0.3, 0.4) is 0 Å². The lowest BCUT2D eigenvalue weighted by molar-refractivity contribution is -0.385. The molecule has 1 atom stereocenters. The summed E-state index contributed by atoms with van der Waals surface area (Å²) < 4.78 is 32.4. The molecule has 0 bridgehead atoms. The van der Waals surface area contributed by atoms with E-state index in [2.05, 4.69) is 5.10 Å². The third kappa shape index (κ3) is 5.22. The topological polar surface area (TPSA) is 121 Å². The fourth-order valence-electron chi connectivity index (χ4n) is 3.62. The predicted octanol–water partition coefficient (Wildman–Crippen LogP) is 5.37. The van der Waals surface area contributed by atoms with Crippen molar-refractivity contribution in [1.29, 1.82) is 0 Å². The summed E-state index contributed by atoms with van der Waals surface area (Å²) in [6.07, 6.45) is 0.994. The second kappa shape index (κ2) is 10.5. The minimum Gasteiger partial charge on any atom is -0.361 e. The maximum atomic E-state index is 13.8. The first-order valence-electron chi connectivity index (χ1n) is 11.3. The van der Waals surface area contributed by atoms with Crippen molar-refractivity contribution < 1.29 is 22.3 Å². The molecule has 1 aromatic heterocycles. The van der Waals surface area contributed by atoms with Crippen LogP contribution in [0.25, 0.3) is 5.57 Å². The lowest BCUT2D eigenvalue weighted by Crippen LogP contribution is -2.24. The van der Waals surface area contributed by atoms with E-state index in [9.17, 15) is 23.3 Å². The molecule has 0 amide bonds. The van der Waals surface area contributed by atoms with Gasteiger partial charge in [-0.3, -0.25) is 14.9 Å². The number of allylic oxidation sites excluding steroid dienone is 2. The largest absolute Gasteiger partial charge is 0.361 e. The van der Waals surface area contributed by atoms with Gasteiger partial charge in [-0.2, -0.15) is 13.5 Å². The zero-order chi connectivity index (χ0) is 26.0. The number of benzene rings is 1. The van der Waals surface area contributed by atoms with E-state index in [1.807, 2.05) is 20.8 Å². The highest BCUT2D eigenvalue weighted by molar-refractivity contribution is 7.87. The first-order valence-corrected chi connectivity index (χ1v) is 12.7. The Morgan fingerprint density at radius 1 is 1.18 bits per heavy atom. The Kier molecular flexibility index (Phi) is 8.41. The molecule has 9 nitrogen and oxygen atoms in total. The van der Waals surface area contributed by atoms with Crippen LogP contribution in [-0.2, 0) is 16.7 Å². The van der Waals surface area contributed by atoms with Crippen molar-refractivity contribution in [3.63, 3.8) is 0 Å². The molecule has 0 fully saturated rings. The van der Waals surface area contributed by atoms with E-state index in [4.69, 9.17) is 4.18 Å². The van der Waals surface area contributed by atoms with Gasteiger partial charge in [0.1, 0.15) is 5.56 Å². The highest BCUT2D eigenvalue weighted by Crippen LogP contribution is 2.35. The average Bonchev–Trinajstić information content (AvgIpc) is 3.05. The second-order valence-corrected chi connectivity index (χ2v) is 10.6. The van der Waals surface area contributed by atoms with E-state index in [1.54, 1.807) is 34.6 Å². The molecule has 1 aromatic carbocycles. The summed E-state index contributed by atoms with van der Waals surface area (Å²) >= 11 is 0. The number of ketones is 1. The van der Waals surface area contributed by atoms with Crippen molar-refractivity contribution in [2.45, 2.75) is 80.0 Å². The fourth-order valence-corrected chi connectivity index (χ4v) is 4.58. The molecule has 0 N–H and O–H groups in total. The Morgan fingerprint density at radius 3 is 2.29 bits per heavy atom. The third-order valence-corrected chi connectivity index (χ3v) is 7.72. The molecule has 0 aliphatic heterocycles. The van der Waals surface area contributed by atoms with Gasteiger partial charge in [-0.1, -0.05) is 19.4 Å². The highest BCUT2D eigenvalue weighted by atomic mass is 32.2. The van der Waals surface area contributed by atoms with Gasteiger partial charge in [0, 0.05) is 18.2 Å². The Bertz CT molecular complexity index is 1250. The lowest BCUT2D eigenvalue weighted by Gasteiger charge is -2.16. The molecule has 0 spiro atoms. The van der Waals surface area contributed by atoms with Gasteiger partial charge in [0.25, 0.3) is 5.69 Å². The Labute approximate surface area is 201 Å². The minimum absolute atomic E-state index is 0.0399. The number of aryl methyl sites for hydroxylation is 2. The van der Waals surface area contributed by atoms with Gasteiger partial charge in [-0.05, 0) is 71.6 Å². The molecule has 34 heavy (non-hydrogen) atoms. The number of hydrogen-bond acceptors (Lipinski definition) is 7. The van der Waals surface area contributed by atoms with Crippen molar-refractivity contribution in [3.05, 3.63) is 55.8 Å². The van der Waals surface area contributed by atoms with Gasteiger partial charge in [-0.25, -0.2) is 4.68 Å². The monoisotopic (exact) mass is 491 g/mol. The summed E-state index contributed by atoms with van der Waals surface area (Å²) in [7, 11) is -4.00. The number of rotatable bonds is 10. The van der Waals surface area contributed by atoms with Gasteiger partial charge >= 0.3 is 10.1 Å². The van der Waals surface area contributed by atoms with Gasteiger partial charge in [0.05, 0.1) is 21.4 Å². The molecule has 2 aromatic rings. The standard InChI is InChI=1S/C24H33N3O6S/c1-9-13-26-24(33-34(31,32)15(5)10-2)22(18(8)25-26)23(28)19-11-12-20(27(29)30)21(17(19)7)16(6)14(3)4/h11-12,15H,9-10,13H2,1-8H3. The maximum Gasteiger partial charge on any atom is 0.313 e. The van der Waals surface area contributed by atoms with Crippen LogP contribution in [0, 0.1) is 24.0 Å². The van der Waals surface area contributed by atoms with E-state index >= 15 is 0 Å². The molecule has 1 heterocycles. The smallest absolute Gasteiger partial charge is 0.313 e. The van der Waals surface area contributed by atoms with Gasteiger partial charge in [0.15, 0.2) is 0 Å². The van der Waals surface area contributed by atoms with Crippen molar-refractivity contribution in [3.8, 4) is 5.88 Å². The van der Waals surface area contributed by atoms with E-state index < -0.39 is 26.1 Å². The van der Waals surface area contributed by atoms with E-state index in [-0.39, 0.29) is 22.7 Å². The van der Waals surface area contributed by atoms with Crippen molar-refractivity contribution in [2.75, 3.05) is 0 Å². The highest BCUT2D eigenvalue weighted by Gasteiger charge is 2.32. The number of hydrogen-bond donors (Lipinski definition) is 0. The summed E-state index contributed by atoms with van der Waals surface area (Å²) in [6, 6.07) is 2.71. The molecule has 0 saturated heterocycles. The maximum absolute atomic E-state index is 13.8. The van der Waals surface area contributed by atoms with E-state index in [0.717, 1.165) is 5.57 Å². The van der Waals surface area contributed by atoms with Crippen molar-refractivity contribution in [2.24, 2.45) is 0 Å². The molecular weight excluding hydrogens is 458 g/mol. The van der Waals surface area contributed by atoms with Crippen LogP contribution >= 0.6 is 0 Å². The average molecular weight is 492 g/mol. The SMILES string of the molecule is CCCn1nc(C)c(C(=O)c2ccc([N+](=O)[O-])c(C(C)=C(C)C)c2C)c1OS(=O)(=O)C(C)CC. The molecule has 0 saturated carbocycles. The zero-order valence-corrected chi connectivity index (χ0v) is 21.9. The minimum atomic E-state index is -4.00. The van der Waals surface area contributed by atoms with Crippen LogP contribution in [0.15, 0.2) is 17.7 Å². The summed E-state index contributed by atoms with van der Waals surface area (Å²) in [4.78, 5) is 25.0. The summed E-state index contributed by atoms with van der Waals surface area (Å²) in [5, 5.41) is 15.3. The summed E-state index contributed by atoms with van der Waals surface area (Å²) in [6.45, 7) is 14.3. The number of carbonyl (C=O) groups excluding carboxylic acids is 1. The van der Waals surface area contributed by atoms with Crippen LogP contribution < -0.4 is 4.18 Å². The first-order chi connectivity index (χ1) is 15.8. The second-order valence-electron chi connectivity index (χ2n) is 8.63. The van der Waals surface area contributed by atoms with E-state index in [1.165, 1.54) is 16.8 Å². The summed E-state index contributed by atoms with van der Waals surface area (Å²) in [5.74, 6) is -0.618. The van der Waals surface area contributed by atoms with Crippen LogP contribution in [0.2, 0.25) is 0 Å². The van der Waals surface area contributed by atoms with Gasteiger partial charge in [-0.15, -0.1) is 0 Å². The Balaban J connectivity index is 2.79. The number of nitro groups is 1. The number of nitrogens with zero attached hydrogens (tertiary/aromatic N) is 3. The van der Waals surface area contributed by atoms with Crippen molar-refractivity contribution in [1.82, 2.24) is 9.78 Å². The molecule has 0 aliphatic carbocycles. The Morgan fingerprint density at radius 2 is 1.79 bits per heavy atom. The number of carbonyl (C=O) groups is 1. The number of nitro benzene ring substituents is 1. The van der Waals surface area contributed by atoms with Crippen LogP contribution in [0.5, 0.6) is 5.88 Å². The fraction of sp³-hybridized carbons (Fsp3) is 0.500. The first kappa shape index (κ1) is 27.2. The van der Waals surface area contributed by atoms with Crippen LogP contribution in [0.4, 0.5) is 5.69 Å². The summed E-state index contributed by atoms with van der Waals surface area (Å²) in [5.41, 5.74) is 2.90.